The van der Waals surface area contributed by atoms with Crippen LogP contribution in [0.1, 0.15) is 15.9 Å². The molecule has 0 spiro atoms. The summed E-state index contributed by atoms with van der Waals surface area (Å²) in [6, 6.07) is 2.41. The van der Waals surface area contributed by atoms with Crippen LogP contribution in [0.25, 0.3) is 16.5 Å². The maximum absolute atomic E-state index is 10.7. The number of nitrogens with zero attached hydrogens (tertiary/aromatic N) is 4. The van der Waals surface area contributed by atoms with Gasteiger partial charge in [0.25, 0.3) is 0 Å². The van der Waals surface area contributed by atoms with Crippen LogP contribution in [0.2, 0.25) is 0 Å². The van der Waals surface area contributed by atoms with Gasteiger partial charge >= 0.3 is 5.69 Å². The number of aromatic hydroxyl groups is 1. The van der Waals surface area contributed by atoms with Crippen LogP contribution < -0.4 is 0 Å². The lowest BCUT2D eigenvalue weighted by atomic mass is 10.1. The highest BCUT2D eigenvalue weighted by atomic mass is 16.6. The maximum atomic E-state index is 10.7. The molecular formula is C10H8N4O4. The minimum atomic E-state index is -0.785. The Kier molecular flexibility index (Phi) is 4.42. The average Bonchev–Trinajstić information content (AvgIpc) is 2.35. The molecule has 0 atom stereocenters. The number of rotatable bonds is 5. The third kappa shape index (κ3) is 3.06. The average molecular weight is 248 g/mol. The first-order valence-corrected chi connectivity index (χ1v) is 4.74. The lowest BCUT2D eigenvalue weighted by Gasteiger charge is -2.01. The first kappa shape index (κ1) is 13.2. The summed E-state index contributed by atoms with van der Waals surface area (Å²) in [7, 11) is 0. The predicted molar refractivity (Wildman–Crippen MR) is 63.2 cm³/mol. The SMILES string of the molecule is [N-]=[N+]=NCC=Cc1cc(C=O)c(O)c([N+](=O)[O-])c1. The van der Waals surface area contributed by atoms with E-state index < -0.39 is 16.4 Å². The van der Waals surface area contributed by atoms with Crippen LogP contribution in [0, 0.1) is 10.1 Å². The number of carbonyl (C=O) groups excluding carboxylic acids is 1. The molecule has 8 nitrogen and oxygen atoms in total. The number of nitro benzene ring substituents is 1. The molecule has 0 heterocycles. The molecule has 1 aromatic rings. The normalized spacial score (nSPS) is 10.0. The Bertz CT molecular complexity index is 561. The van der Waals surface area contributed by atoms with Crippen LogP contribution in [-0.2, 0) is 0 Å². The summed E-state index contributed by atoms with van der Waals surface area (Å²) < 4.78 is 0. The number of azide groups is 1. The van der Waals surface area contributed by atoms with Crippen molar-refractivity contribution >= 4 is 18.0 Å². The van der Waals surface area contributed by atoms with E-state index in [4.69, 9.17) is 5.53 Å². The molecule has 0 amide bonds. The van der Waals surface area contributed by atoms with E-state index in [9.17, 15) is 20.0 Å². The van der Waals surface area contributed by atoms with Gasteiger partial charge in [-0.25, -0.2) is 0 Å². The molecule has 0 aliphatic carbocycles. The number of carbonyl (C=O) groups is 1. The first-order valence-electron chi connectivity index (χ1n) is 4.74. The molecule has 0 aliphatic heterocycles. The Labute approximate surface area is 101 Å². The zero-order chi connectivity index (χ0) is 13.5. The molecule has 0 aliphatic rings. The van der Waals surface area contributed by atoms with Gasteiger partial charge in [-0.2, -0.15) is 0 Å². The first-order chi connectivity index (χ1) is 8.60. The second-order valence-corrected chi connectivity index (χ2v) is 3.17. The number of aldehydes is 1. The number of phenolic OH excluding ortho intramolecular Hbond substituents is 1. The Morgan fingerprint density at radius 2 is 2.28 bits per heavy atom. The zero-order valence-electron chi connectivity index (χ0n) is 9.05. The smallest absolute Gasteiger partial charge is 0.312 e. The third-order valence-electron chi connectivity index (χ3n) is 2.03. The van der Waals surface area contributed by atoms with E-state index in [0.29, 0.717) is 11.8 Å². The van der Waals surface area contributed by atoms with Crippen molar-refractivity contribution in [3.8, 4) is 5.75 Å². The molecule has 0 radical (unpaired) electrons. The van der Waals surface area contributed by atoms with Crippen molar-refractivity contribution < 1.29 is 14.8 Å². The van der Waals surface area contributed by atoms with Crippen molar-refractivity contribution in [2.45, 2.75) is 0 Å². The summed E-state index contributed by atoms with van der Waals surface area (Å²) >= 11 is 0. The molecule has 1 aromatic carbocycles. The largest absolute Gasteiger partial charge is 0.502 e. The molecule has 0 saturated carbocycles. The molecule has 0 unspecified atom stereocenters. The molecule has 1 N–H and O–H groups in total. The lowest BCUT2D eigenvalue weighted by molar-refractivity contribution is -0.385. The highest BCUT2D eigenvalue weighted by molar-refractivity contribution is 5.83. The Hall–Kier alpha value is -2.86. The highest BCUT2D eigenvalue weighted by Gasteiger charge is 2.17. The van der Waals surface area contributed by atoms with Gasteiger partial charge in [-0.1, -0.05) is 17.3 Å². The summed E-state index contributed by atoms with van der Waals surface area (Å²) in [4.78, 5) is 23.1. The van der Waals surface area contributed by atoms with E-state index in [0.717, 1.165) is 6.07 Å². The number of benzene rings is 1. The van der Waals surface area contributed by atoms with Crippen molar-refractivity contribution in [2.75, 3.05) is 6.54 Å². The highest BCUT2D eigenvalue weighted by Crippen LogP contribution is 2.30. The van der Waals surface area contributed by atoms with E-state index >= 15 is 0 Å². The summed E-state index contributed by atoms with van der Waals surface area (Å²) in [6.07, 6.45) is 3.26. The van der Waals surface area contributed by atoms with E-state index in [1.165, 1.54) is 18.2 Å². The van der Waals surface area contributed by atoms with Crippen LogP contribution in [0.15, 0.2) is 23.3 Å². The van der Waals surface area contributed by atoms with Crippen molar-refractivity contribution in [1.29, 1.82) is 0 Å². The fourth-order valence-corrected chi connectivity index (χ4v) is 1.26. The van der Waals surface area contributed by atoms with Gasteiger partial charge < -0.3 is 5.11 Å². The Balaban J connectivity index is 3.17. The van der Waals surface area contributed by atoms with Gasteiger partial charge in [0.2, 0.25) is 5.75 Å². The summed E-state index contributed by atoms with van der Waals surface area (Å²) in [6.45, 7) is 0.0849. The van der Waals surface area contributed by atoms with E-state index in [-0.39, 0.29) is 12.1 Å². The maximum Gasteiger partial charge on any atom is 0.312 e. The number of hydrogen-bond donors (Lipinski definition) is 1. The van der Waals surface area contributed by atoms with E-state index in [1.807, 2.05) is 0 Å². The number of nitro groups is 1. The standard InChI is InChI=1S/C10H8N4O4/c11-13-12-3-1-2-7-4-8(6-15)10(16)9(5-7)14(17)18/h1-2,4-6,16H,3H2. The quantitative estimate of drug-likeness (QED) is 0.214. The topological polar surface area (TPSA) is 129 Å². The minimum absolute atomic E-state index is 0.0849. The lowest BCUT2D eigenvalue weighted by Crippen LogP contribution is -1.93. The van der Waals surface area contributed by atoms with Crippen LogP contribution in [0.4, 0.5) is 5.69 Å². The molecule has 0 fully saturated rings. The summed E-state index contributed by atoms with van der Waals surface area (Å²) in [5, 5.41) is 23.3. The van der Waals surface area contributed by atoms with Gasteiger partial charge in [0.05, 0.1) is 10.5 Å². The number of phenols is 1. The van der Waals surface area contributed by atoms with Crippen molar-refractivity contribution in [3.63, 3.8) is 0 Å². The number of hydrogen-bond acceptors (Lipinski definition) is 5. The van der Waals surface area contributed by atoms with Gasteiger partial charge in [-0.3, -0.25) is 14.9 Å². The van der Waals surface area contributed by atoms with Crippen LogP contribution in [0.5, 0.6) is 5.75 Å². The van der Waals surface area contributed by atoms with Crippen molar-refractivity contribution in [3.05, 3.63) is 49.9 Å². The zero-order valence-corrected chi connectivity index (χ0v) is 9.05. The molecule has 8 heteroatoms. The summed E-state index contributed by atoms with van der Waals surface area (Å²) in [5.41, 5.74) is 7.68. The Morgan fingerprint density at radius 1 is 1.56 bits per heavy atom. The molecular weight excluding hydrogens is 240 g/mol. The monoisotopic (exact) mass is 248 g/mol. The predicted octanol–water partition coefficient (Wildman–Crippen LogP) is 2.44. The van der Waals surface area contributed by atoms with Gasteiger partial charge in [-0.15, -0.1) is 0 Å². The van der Waals surface area contributed by atoms with E-state index in [2.05, 4.69) is 10.0 Å². The van der Waals surface area contributed by atoms with Crippen LogP contribution in [-0.4, -0.2) is 22.9 Å². The van der Waals surface area contributed by atoms with Crippen LogP contribution in [0.3, 0.4) is 0 Å². The second-order valence-electron chi connectivity index (χ2n) is 3.17. The van der Waals surface area contributed by atoms with Crippen molar-refractivity contribution in [2.24, 2.45) is 5.11 Å². The molecule has 92 valence electrons. The van der Waals surface area contributed by atoms with Gasteiger partial charge in [0.1, 0.15) is 0 Å². The fourth-order valence-electron chi connectivity index (χ4n) is 1.26. The molecule has 0 aromatic heterocycles. The third-order valence-corrected chi connectivity index (χ3v) is 2.03. The molecule has 0 saturated heterocycles. The van der Waals surface area contributed by atoms with Gasteiger partial charge in [0, 0.05) is 17.5 Å². The Morgan fingerprint density at radius 3 is 2.83 bits per heavy atom. The van der Waals surface area contributed by atoms with Gasteiger partial charge in [0.15, 0.2) is 6.29 Å². The van der Waals surface area contributed by atoms with E-state index in [1.54, 1.807) is 0 Å². The van der Waals surface area contributed by atoms with Gasteiger partial charge in [-0.05, 0) is 17.2 Å². The molecule has 0 bridgehead atoms. The van der Waals surface area contributed by atoms with Crippen molar-refractivity contribution in [1.82, 2.24) is 0 Å². The summed E-state index contributed by atoms with van der Waals surface area (Å²) in [5.74, 6) is -0.665. The van der Waals surface area contributed by atoms with Crippen LogP contribution >= 0.6 is 0 Å². The molecule has 1 rings (SSSR count). The molecule has 18 heavy (non-hydrogen) atoms. The second kappa shape index (κ2) is 6.02. The minimum Gasteiger partial charge on any atom is -0.502 e. The fraction of sp³-hybridized carbons (Fsp3) is 0.100.